The van der Waals surface area contributed by atoms with E-state index in [2.05, 4.69) is 4.98 Å². The Kier molecular flexibility index (Phi) is 3.67. The van der Waals surface area contributed by atoms with Crippen molar-refractivity contribution in [2.24, 2.45) is 0 Å². The normalized spacial score (nSPS) is 10.8. The minimum atomic E-state index is -0.541. The molecular formula is C17H11ClFNO. The van der Waals surface area contributed by atoms with Gasteiger partial charge >= 0.3 is 0 Å². The molecular weight excluding hydrogens is 289 g/mol. The molecule has 1 heterocycles. The number of carbonyl (C=O) groups is 1. The van der Waals surface area contributed by atoms with Gasteiger partial charge in [0.15, 0.2) is 5.78 Å². The monoisotopic (exact) mass is 299 g/mol. The van der Waals surface area contributed by atoms with Gasteiger partial charge in [0.2, 0.25) is 0 Å². The highest BCUT2D eigenvalue weighted by Gasteiger charge is 2.14. The molecule has 0 bridgehead atoms. The Hall–Kier alpha value is -2.26. The molecule has 2 aromatic carbocycles. The highest BCUT2D eigenvalue weighted by atomic mass is 35.5. The lowest BCUT2D eigenvalue weighted by Crippen LogP contribution is -2.06. The van der Waals surface area contributed by atoms with E-state index in [4.69, 9.17) is 11.6 Å². The predicted octanol–water partition coefficient (Wildman–Crippen LogP) is 4.45. The molecule has 0 aliphatic carbocycles. The molecule has 4 heteroatoms. The van der Waals surface area contributed by atoms with E-state index in [9.17, 15) is 9.18 Å². The highest BCUT2D eigenvalue weighted by molar-refractivity contribution is 6.30. The molecule has 0 aliphatic rings. The van der Waals surface area contributed by atoms with E-state index < -0.39 is 5.82 Å². The van der Waals surface area contributed by atoms with E-state index in [-0.39, 0.29) is 17.2 Å². The Balaban J connectivity index is 2.00. The van der Waals surface area contributed by atoms with Crippen molar-refractivity contribution in [3.63, 3.8) is 0 Å². The third kappa shape index (κ3) is 2.65. The molecule has 0 fully saturated rings. The molecule has 2 nitrogen and oxygen atoms in total. The molecule has 0 aliphatic heterocycles. The number of pyridine rings is 1. The Morgan fingerprint density at radius 3 is 2.76 bits per heavy atom. The highest BCUT2D eigenvalue weighted by Crippen LogP contribution is 2.22. The first-order valence-corrected chi connectivity index (χ1v) is 6.83. The second-order valence-electron chi connectivity index (χ2n) is 4.72. The summed E-state index contributed by atoms with van der Waals surface area (Å²) >= 11 is 5.74. The van der Waals surface area contributed by atoms with Crippen LogP contribution in [-0.4, -0.2) is 10.8 Å². The zero-order chi connectivity index (χ0) is 14.8. The number of rotatable bonds is 3. The first-order valence-electron chi connectivity index (χ1n) is 6.45. The fraction of sp³-hybridized carbons (Fsp3) is 0.0588. The van der Waals surface area contributed by atoms with Crippen LogP contribution in [-0.2, 0) is 6.42 Å². The summed E-state index contributed by atoms with van der Waals surface area (Å²) in [6, 6.07) is 12.2. The molecule has 0 unspecified atom stereocenters. The maximum Gasteiger partial charge on any atom is 0.169 e. The second kappa shape index (κ2) is 5.62. The molecule has 0 amide bonds. The first kappa shape index (κ1) is 13.7. The van der Waals surface area contributed by atoms with Gasteiger partial charge in [-0.2, -0.15) is 0 Å². The van der Waals surface area contributed by atoms with Crippen LogP contribution in [0.1, 0.15) is 15.9 Å². The Morgan fingerprint density at radius 2 is 1.90 bits per heavy atom. The Labute approximate surface area is 126 Å². The summed E-state index contributed by atoms with van der Waals surface area (Å²) in [5, 5.41) is 1.73. The fourth-order valence-corrected chi connectivity index (χ4v) is 2.49. The molecule has 3 rings (SSSR count). The molecule has 21 heavy (non-hydrogen) atoms. The van der Waals surface area contributed by atoms with Crippen molar-refractivity contribution >= 4 is 28.2 Å². The molecule has 3 aromatic rings. The second-order valence-corrected chi connectivity index (χ2v) is 5.13. The lowest BCUT2D eigenvalue weighted by atomic mass is 9.99. The van der Waals surface area contributed by atoms with Gasteiger partial charge in [0.05, 0.1) is 5.02 Å². The summed E-state index contributed by atoms with van der Waals surface area (Å²) in [5.41, 5.74) is 0.785. The number of nitrogens with zero attached hydrogens (tertiary/aromatic N) is 1. The van der Waals surface area contributed by atoms with Crippen molar-refractivity contribution in [2.45, 2.75) is 6.42 Å². The van der Waals surface area contributed by atoms with Crippen molar-refractivity contribution in [1.29, 1.82) is 0 Å². The standard InChI is InChI=1S/C17H11ClFNO/c18-15-7-3-5-11(17(15)19)8-16(21)14-10-20-9-12-4-1-2-6-13(12)14/h1-7,9-10H,8H2. The number of hydrogen-bond acceptors (Lipinski definition) is 2. The van der Waals surface area contributed by atoms with Crippen LogP contribution in [0.15, 0.2) is 54.9 Å². The first-order chi connectivity index (χ1) is 10.2. The van der Waals surface area contributed by atoms with Gasteiger partial charge in [0, 0.05) is 29.8 Å². The molecule has 0 spiro atoms. The lowest BCUT2D eigenvalue weighted by Gasteiger charge is -2.06. The molecule has 0 radical (unpaired) electrons. The molecule has 0 atom stereocenters. The van der Waals surface area contributed by atoms with Crippen molar-refractivity contribution in [2.75, 3.05) is 0 Å². The van der Waals surface area contributed by atoms with E-state index in [0.29, 0.717) is 11.1 Å². The lowest BCUT2D eigenvalue weighted by molar-refractivity contribution is 0.0993. The van der Waals surface area contributed by atoms with Crippen LogP contribution in [0.3, 0.4) is 0 Å². The summed E-state index contributed by atoms with van der Waals surface area (Å²) in [6.07, 6.45) is 3.18. The van der Waals surface area contributed by atoms with Gasteiger partial charge in [0.1, 0.15) is 5.82 Å². The third-order valence-corrected chi connectivity index (χ3v) is 3.64. The zero-order valence-corrected chi connectivity index (χ0v) is 11.8. The van der Waals surface area contributed by atoms with Gasteiger partial charge in [-0.1, -0.05) is 48.0 Å². The van der Waals surface area contributed by atoms with Crippen LogP contribution < -0.4 is 0 Å². The molecule has 0 N–H and O–H groups in total. The van der Waals surface area contributed by atoms with Crippen molar-refractivity contribution in [1.82, 2.24) is 4.98 Å². The largest absolute Gasteiger partial charge is 0.294 e. The summed E-state index contributed by atoms with van der Waals surface area (Å²) in [7, 11) is 0. The number of benzene rings is 2. The summed E-state index contributed by atoms with van der Waals surface area (Å²) in [4.78, 5) is 16.5. The average Bonchev–Trinajstić information content (AvgIpc) is 2.51. The maximum absolute atomic E-state index is 13.9. The smallest absolute Gasteiger partial charge is 0.169 e. The predicted molar refractivity (Wildman–Crippen MR) is 81.2 cm³/mol. The van der Waals surface area contributed by atoms with E-state index >= 15 is 0 Å². The minimum absolute atomic E-state index is 0.0244. The minimum Gasteiger partial charge on any atom is -0.294 e. The summed E-state index contributed by atoms with van der Waals surface area (Å²) in [5.74, 6) is -0.721. The number of halogens is 2. The van der Waals surface area contributed by atoms with Gasteiger partial charge in [-0.05, 0) is 17.0 Å². The van der Waals surface area contributed by atoms with Gasteiger partial charge in [-0.15, -0.1) is 0 Å². The van der Waals surface area contributed by atoms with Crippen molar-refractivity contribution in [3.8, 4) is 0 Å². The van der Waals surface area contributed by atoms with E-state index in [1.165, 1.54) is 12.3 Å². The maximum atomic E-state index is 13.9. The van der Waals surface area contributed by atoms with E-state index in [1.54, 1.807) is 18.3 Å². The summed E-state index contributed by atoms with van der Waals surface area (Å²) in [6.45, 7) is 0. The van der Waals surface area contributed by atoms with E-state index in [1.807, 2.05) is 24.3 Å². The third-order valence-electron chi connectivity index (χ3n) is 3.35. The number of carbonyl (C=O) groups excluding carboxylic acids is 1. The quantitative estimate of drug-likeness (QED) is 0.669. The SMILES string of the molecule is O=C(Cc1cccc(Cl)c1F)c1cncc2ccccc12. The van der Waals surface area contributed by atoms with Gasteiger partial charge in [0.25, 0.3) is 0 Å². The van der Waals surface area contributed by atoms with Gasteiger partial charge < -0.3 is 0 Å². The molecule has 0 saturated carbocycles. The number of hydrogen-bond donors (Lipinski definition) is 0. The van der Waals surface area contributed by atoms with Crippen LogP contribution in [0.2, 0.25) is 5.02 Å². The van der Waals surface area contributed by atoms with E-state index in [0.717, 1.165) is 10.8 Å². The van der Waals surface area contributed by atoms with Gasteiger partial charge in [-0.3, -0.25) is 9.78 Å². The zero-order valence-electron chi connectivity index (χ0n) is 11.0. The fourth-order valence-electron chi connectivity index (χ4n) is 2.29. The van der Waals surface area contributed by atoms with Crippen LogP contribution in [0.25, 0.3) is 10.8 Å². The topological polar surface area (TPSA) is 30.0 Å². The van der Waals surface area contributed by atoms with Crippen LogP contribution in [0, 0.1) is 5.82 Å². The molecule has 104 valence electrons. The van der Waals surface area contributed by atoms with Crippen molar-refractivity contribution in [3.05, 3.63) is 76.8 Å². The number of Topliss-reactive ketones (excluding diaryl/α,β-unsaturated/α-hetero) is 1. The average molecular weight is 300 g/mol. The molecule has 0 saturated heterocycles. The van der Waals surface area contributed by atoms with Crippen LogP contribution in [0.4, 0.5) is 4.39 Å². The number of fused-ring (bicyclic) bond motifs is 1. The number of ketones is 1. The number of aromatic nitrogens is 1. The van der Waals surface area contributed by atoms with Crippen LogP contribution >= 0.6 is 11.6 Å². The van der Waals surface area contributed by atoms with Crippen molar-refractivity contribution < 1.29 is 9.18 Å². The van der Waals surface area contributed by atoms with Gasteiger partial charge in [-0.25, -0.2) is 4.39 Å². The molecule has 1 aromatic heterocycles. The van der Waals surface area contributed by atoms with Crippen LogP contribution in [0.5, 0.6) is 0 Å². The Morgan fingerprint density at radius 1 is 1.10 bits per heavy atom. The summed E-state index contributed by atoms with van der Waals surface area (Å²) < 4.78 is 13.9. The Bertz CT molecular complexity index is 827.